The van der Waals surface area contributed by atoms with Gasteiger partial charge in [-0.05, 0) is 252 Å². The van der Waals surface area contributed by atoms with Crippen LogP contribution in [0.25, 0.3) is 0 Å². The minimum absolute atomic E-state index is 0.0635. The molecule has 0 aromatic carbocycles. The number of esters is 10. The minimum atomic E-state index is -3.42. The lowest BCUT2D eigenvalue weighted by Gasteiger charge is -2.65. The van der Waals surface area contributed by atoms with Gasteiger partial charge in [-0.3, -0.25) is 52.1 Å². The van der Waals surface area contributed by atoms with Crippen LogP contribution in [0.4, 0.5) is 4.79 Å². The molecule has 32 nitrogen and oxygen atoms in total. The van der Waals surface area contributed by atoms with E-state index in [2.05, 4.69) is 37.2 Å². The molecule has 0 spiro atoms. The van der Waals surface area contributed by atoms with Crippen molar-refractivity contribution < 1.29 is 151 Å². The molecule has 0 aromatic rings. The third-order valence-corrected chi connectivity index (χ3v) is 33.5. The molecule has 0 amide bonds. The summed E-state index contributed by atoms with van der Waals surface area (Å²) in [4.78, 5) is 141. The van der Waals surface area contributed by atoms with Gasteiger partial charge in [-0.2, -0.15) is 8.42 Å². The molecular formula is C106H178O32S. The maximum atomic E-state index is 13.2. The highest BCUT2D eigenvalue weighted by atomic mass is 32.2. The van der Waals surface area contributed by atoms with Crippen molar-refractivity contribution in [1.82, 2.24) is 0 Å². The molecule has 10 bridgehead atoms. The smallest absolute Gasteiger partial charge is 0.469 e. The van der Waals surface area contributed by atoms with Gasteiger partial charge in [0.05, 0.1) is 101 Å². The first-order valence-corrected chi connectivity index (χ1v) is 52.9. The molecule has 33 heteroatoms. The third-order valence-electron chi connectivity index (χ3n) is 32.3. The standard InChI is InChI=1S/C26H46O6.C19H28O5.C12H20O4.C12H22O3.C11H20O5S.C10H16O5.C9H12O2.C7H14O2/c1-10-23(6,7)22(27)32-26-13-19-11-24(15-26,30-20(28-8)17(2)3)14-25(12-19,16-26)31-21(29-9)18(4)5;1-5-18(2,3)17(22)23-10-15(20)24-19(4)13-6-11-7-14(19)9-12(8-13)16(11)21;1-5-11(2,3)10(14)16-12(4)6-7-15-9(13)8-12;1-5-11(2,3)10(13)15-12(4)6-8-14-9-7-12;1-5-10(2,3)9(12)16-11(4)6-7-17(13,14)15-8-11;1-4-10(2,3)8(11)13-5-7-6-14-9(12)15-7;10-9-8-6-2-1-5(3-6)7(8)4-11-9;1-5-7(2,3)6(8)9-4/h17-21H,10-16H2,1-9H3;11-14H,5-10H2,1-4H3;5-8H2,1-4H3;5-9H2,1-4H3;5-8H2,1-4H3;7H,4-6H2,1-3H3;5-8H,1-4H2;5H2,1-4H3. The molecule has 15 rings (SSSR count). The molecule has 15 fully saturated rings. The average Bonchev–Trinajstić information content (AvgIpc) is 1.43. The molecule has 0 aromatic heterocycles. The number of Topliss-reactive ketones (excluding diaryl/α,β-unsaturated/α-hetero) is 1. The van der Waals surface area contributed by atoms with Crippen LogP contribution in [-0.4, -0.2) is 218 Å². The van der Waals surface area contributed by atoms with Crippen LogP contribution in [0.3, 0.4) is 0 Å². The number of ether oxygens (including phenoxy) is 17. The Bertz CT molecular complexity index is 4180. The molecule has 10 saturated carbocycles. The van der Waals surface area contributed by atoms with Crippen LogP contribution < -0.4 is 0 Å². The molecule has 139 heavy (non-hydrogen) atoms. The topological polar surface area (TPSA) is 405 Å². The number of carbonyl (C=O) groups excluding carboxylic acids is 12. The normalized spacial score (nSPS) is 30.7. The fraction of sp³-hybridized carbons (Fsp3) is 0.887. The first-order valence-electron chi connectivity index (χ1n) is 51.3. The number of ketones is 1. The van der Waals surface area contributed by atoms with Crippen molar-refractivity contribution in [1.29, 1.82) is 0 Å². The zero-order valence-corrected chi connectivity index (χ0v) is 91.4. The number of hydrogen-bond acceptors (Lipinski definition) is 32. The van der Waals surface area contributed by atoms with Gasteiger partial charge in [0.15, 0.2) is 25.3 Å². The minimum Gasteiger partial charge on any atom is -0.469 e. The fourth-order valence-corrected chi connectivity index (χ4v) is 21.2. The van der Waals surface area contributed by atoms with E-state index in [1.54, 1.807) is 55.8 Å². The Hall–Kier alpha value is -6.65. The molecule has 0 radical (unpaired) electrons. The summed E-state index contributed by atoms with van der Waals surface area (Å²) in [6.45, 7) is 57.9. The van der Waals surface area contributed by atoms with Crippen LogP contribution in [0.5, 0.6) is 0 Å². The molecule has 5 aliphatic heterocycles. The van der Waals surface area contributed by atoms with Crippen LogP contribution >= 0.6 is 0 Å². The fourth-order valence-electron chi connectivity index (χ4n) is 19.9. The summed E-state index contributed by atoms with van der Waals surface area (Å²) in [6.07, 6.45) is 18.2. The predicted octanol–water partition coefficient (Wildman–Crippen LogP) is 18.7. The number of carbonyl (C=O) groups is 12. The van der Waals surface area contributed by atoms with Gasteiger partial charge in [-0.25, -0.2) is 9.59 Å². The van der Waals surface area contributed by atoms with Crippen LogP contribution in [0.2, 0.25) is 0 Å². The van der Waals surface area contributed by atoms with Crippen LogP contribution in [0.15, 0.2) is 0 Å². The summed E-state index contributed by atoms with van der Waals surface area (Å²) >= 11 is 0. The maximum Gasteiger partial charge on any atom is 0.508 e. The van der Waals surface area contributed by atoms with Crippen molar-refractivity contribution in [3.8, 4) is 0 Å². The van der Waals surface area contributed by atoms with Crippen molar-refractivity contribution in [2.45, 2.75) is 419 Å². The van der Waals surface area contributed by atoms with E-state index in [0.717, 1.165) is 96.0 Å². The van der Waals surface area contributed by atoms with Gasteiger partial charge in [0, 0.05) is 101 Å². The van der Waals surface area contributed by atoms with E-state index in [1.807, 2.05) is 132 Å². The lowest BCUT2D eigenvalue weighted by Crippen LogP contribution is -2.69. The van der Waals surface area contributed by atoms with Crippen molar-refractivity contribution >= 4 is 81.7 Å². The molecule has 5 heterocycles. The molecule has 5 saturated heterocycles. The van der Waals surface area contributed by atoms with Crippen molar-refractivity contribution in [2.24, 2.45) is 103 Å². The summed E-state index contributed by atoms with van der Waals surface area (Å²) in [7, 11) is 1.40. The van der Waals surface area contributed by atoms with Crippen LogP contribution in [0, 0.1) is 103 Å². The van der Waals surface area contributed by atoms with Crippen molar-refractivity contribution in [3.63, 3.8) is 0 Å². The Labute approximate surface area is 830 Å². The second-order valence-electron chi connectivity index (χ2n) is 47.5. The highest BCUT2D eigenvalue weighted by Crippen LogP contribution is 2.65. The number of hydrogen-bond donors (Lipinski definition) is 0. The highest BCUT2D eigenvalue weighted by molar-refractivity contribution is 7.86. The Morgan fingerprint density at radius 3 is 1.27 bits per heavy atom. The average molecular weight is 2000 g/mol. The lowest BCUT2D eigenvalue weighted by atomic mass is 9.50. The molecular weight excluding hydrogens is 1820 g/mol. The lowest BCUT2D eigenvalue weighted by molar-refractivity contribution is -0.343. The highest BCUT2D eigenvalue weighted by Gasteiger charge is 2.69. The number of methoxy groups -OCH3 is 3. The molecule has 15 aliphatic rings. The van der Waals surface area contributed by atoms with Crippen LogP contribution in [-0.2, 0) is 148 Å². The van der Waals surface area contributed by atoms with E-state index in [9.17, 15) is 66.0 Å². The molecule has 10 aliphatic carbocycles. The number of fused-ring (bicyclic) bond motifs is 5. The third kappa shape index (κ3) is 32.7. The summed E-state index contributed by atoms with van der Waals surface area (Å²) in [5, 5.41) is 0. The molecule has 800 valence electrons. The first kappa shape index (κ1) is 121. The first-order chi connectivity index (χ1) is 64.1. The van der Waals surface area contributed by atoms with Gasteiger partial charge < -0.3 is 80.5 Å². The maximum absolute atomic E-state index is 13.2. The van der Waals surface area contributed by atoms with Gasteiger partial charge >= 0.3 is 65.8 Å². The van der Waals surface area contributed by atoms with E-state index < -0.39 is 89.0 Å². The van der Waals surface area contributed by atoms with E-state index in [4.69, 9.17) is 75.2 Å². The summed E-state index contributed by atoms with van der Waals surface area (Å²) < 4.78 is 120. The number of cyclic esters (lactones) is 4. The second kappa shape index (κ2) is 49.0. The van der Waals surface area contributed by atoms with Gasteiger partial charge in [-0.15, -0.1) is 0 Å². The Balaban J connectivity index is 0.000000251. The van der Waals surface area contributed by atoms with Crippen molar-refractivity contribution in [2.75, 3.05) is 79.9 Å². The Kier molecular flexibility index (Phi) is 42.7. The number of rotatable bonds is 31. The Morgan fingerprint density at radius 2 is 0.863 bits per heavy atom. The predicted molar refractivity (Wildman–Crippen MR) is 516 cm³/mol. The van der Waals surface area contributed by atoms with Crippen LogP contribution in [0.1, 0.15) is 361 Å². The zero-order valence-electron chi connectivity index (χ0n) is 90.6. The van der Waals surface area contributed by atoms with E-state index in [1.165, 1.54) is 26.4 Å². The van der Waals surface area contributed by atoms with Gasteiger partial charge in [0.2, 0.25) is 0 Å². The summed E-state index contributed by atoms with van der Waals surface area (Å²) in [5.74, 6) is 2.22. The second-order valence-corrected chi connectivity index (χ2v) is 49.3. The SMILES string of the molecule is CCC(C)(C)C(=O)OC.CCC(C)(C)C(=O)OC1(C)CCOC(=O)C1.CCC(C)(C)C(=O)OC1(C)CCOCC1.CCC(C)(C)C(=O)OC1(C)CCS(=O)(=O)OC1.CCC(C)(C)C(=O)OC12CC3CC(OC(OC)C(C)C)(C1)CC(OC(OC)C(C)C)(C3)C2.CCC(C)(C)C(=O)OCC(=O)OC1(C)C2CC3CC1CC(C2)C3=O.CCC(C)(C)C(=O)OCC1COC(=O)O1.O=C1OCC2C3CCC(C3)C12. The van der Waals surface area contributed by atoms with Gasteiger partial charge in [-0.1, -0.05) is 76.2 Å². The Morgan fingerprint density at radius 1 is 0.453 bits per heavy atom. The van der Waals surface area contributed by atoms with E-state index >= 15 is 0 Å². The van der Waals surface area contributed by atoms with E-state index in [-0.39, 0.29) is 163 Å². The molecule has 0 N–H and O–H groups in total. The summed E-state index contributed by atoms with van der Waals surface area (Å²) in [5.41, 5.74) is -7.10. The monoisotopic (exact) mass is 2000 g/mol. The molecule has 11 unspecified atom stereocenters. The quantitative estimate of drug-likeness (QED) is 0.0269. The van der Waals surface area contributed by atoms with Gasteiger partial charge in [0.1, 0.15) is 53.6 Å². The zero-order chi connectivity index (χ0) is 105. The molecule has 11 atom stereocenters. The van der Waals surface area contributed by atoms with E-state index in [0.29, 0.717) is 94.2 Å². The van der Waals surface area contributed by atoms with Crippen molar-refractivity contribution in [3.05, 3.63) is 0 Å². The largest absolute Gasteiger partial charge is 0.508 e. The van der Waals surface area contributed by atoms with Gasteiger partial charge in [0.25, 0.3) is 10.1 Å². The summed E-state index contributed by atoms with van der Waals surface area (Å²) in [6, 6.07) is 0.